The fourth-order valence-electron chi connectivity index (χ4n) is 3.33. The van der Waals surface area contributed by atoms with Crippen molar-refractivity contribution in [2.75, 3.05) is 20.2 Å². The van der Waals surface area contributed by atoms with Gasteiger partial charge in [0, 0.05) is 43.9 Å². The molecule has 3 amide bonds. The van der Waals surface area contributed by atoms with Crippen LogP contribution in [0.15, 0.2) is 36.7 Å². The second-order valence-corrected chi connectivity index (χ2v) is 7.05. The molecule has 1 aromatic carbocycles. The van der Waals surface area contributed by atoms with Crippen LogP contribution < -0.4 is 15.4 Å². The SMILES string of the molecule is COc1cccc(-n2cc([C@H](C)NC(=O)N3CCC(NC(C)=O)CC3)cn2)c1. The maximum atomic E-state index is 12.6. The van der Waals surface area contributed by atoms with Gasteiger partial charge in [-0.3, -0.25) is 4.79 Å². The molecule has 1 fully saturated rings. The number of aromatic nitrogens is 2. The van der Waals surface area contributed by atoms with E-state index in [1.165, 1.54) is 6.92 Å². The number of amides is 3. The number of piperidine rings is 1. The van der Waals surface area contributed by atoms with Gasteiger partial charge in [-0.2, -0.15) is 5.10 Å². The Hall–Kier alpha value is -3.03. The van der Waals surface area contributed by atoms with Crippen LogP contribution >= 0.6 is 0 Å². The number of urea groups is 1. The van der Waals surface area contributed by atoms with Gasteiger partial charge in [0.15, 0.2) is 0 Å². The molecule has 0 unspecified atom stereocenters. The molecule has 150 valence electrons. The van der Waals surface area contributed by atoms with Gasteiger partial charge >= 0.3 is 6.03 Å². The summed E-state index contributed by atoms with van der Waals surface area (Å²) in [7, 11) is 1.63. The molecule has 8 heteroatoms. The Morgan fingerprint density at radius 1 is 1.29 bits per heavy atom. The third-order valence-corrected chi connectivity index (χ3v) is 4.95. The number of ether oxygens (including phenoxy) is 1. The summed E-state index contributed by atoms with van der Waals surface area (Å²) in [6.45, 7) is 4.72. The van der Waals surface area contributed by atoms with Crippen LogP contribution in [0.3, 0.4) is 0 Å². The number of hydrogen-bond donors (Lipinski definition) is 2. The zero-order valence-electron chi connectivity index (χ0n) is 16.5. The number of benzene rings is 1. The smallest absolute Gasteiger partial charge is 0.317 e. The summed E-state index contributed by atoms with van der Waals surface area (Å²) in [5.74, 6) is 0.739. The van der Waals surface area contributed by atoms with Crippen molar-refractivity contribution in [3.05, 3.63) is 42.2 Å². The highest BCUT2D eigenvalue weighted by atomic mass is 16.5. The monoisotopic (exact) mass is 385 g/mol. The maximum Gasteiger partial charge on any atom is 0.317 e. The molecule has 2 heterocycles. The molecule has 1 atom stereocenters. The van der Waals surface area contributed by atoms with Crippen molar-refractivity contribution in [3.8, 4) is 11.4 Å². The summed E-state index contributed by atoms with van der Waals surface area (Å²) in [4.78, 5) is 25.5. The lowest BCUT2D eigenvalue weighted by Crippen LogP contribution is -2.49. The van der Waals surface area contributed by atoms with Crippen molar-refractivity contribution >= 4 is 11.9 Å². The molecule has 1 aromatic heterocycles. The number of carbonyl (C=O) groups excluding carboxylic acids is 2. The first-order valence-corrected chi connectivity index (χ1v) is 9.48. The van der Waals surface area contributed by atoms with Crippen molar-refractivity contribution in [1.82, 2.24) is 25.3 Å². The maximum absolute atomic E-state index is 12.6. The average molecular weight is 385 g/mol. The predicted octanol–water partition coefficient (Wildman–Crippen LogP) is 2.25. The molecule has 1 saturated heterocycles. The summed E-state index contributed by atoms with van der Waals surface area (Å²) in [5.41, 5.74) is 1.81. The molecule has 3 rings (SSSR count). The molecule has 1 aliphatic rings. The Kier molecular flexibility index (Phi) is 6.18. The molecule has 28 heavy (non-hydrogen) atoms. The Balaban J connectivity index is 1.56. The first-order valence-electron chi connectivity index (χ1n) is 9.48. The summed E-state index contributed by atoms with van der Waals surface area (Å²) in [5, 5.41) is 10.3. The topological polar surface area (TPSA) is 88.5 Å². The zero-order chi connectivity index (χ0) is 20.1. The number of likely N-dealkylation sites (tertiary alicyclic amines) is 1. The van der Waals surface area contributed by atoms with Gasteiger partial charge in [-0.1, -0.05) is 6.07 Å². The zero-order valence-corrected chi connectivity index (χ0v) is 16.5. The minimum atomic E-state index is -0.167. The van der Waals surface area contributed by atoms with E-state index in [2.05, 4.69) is 15.7 Å². The van der Waals surface area contributed by atoms with E-state index in [1.807, 2.05) is 37.4 Å². The predicted molar refractivity (Wildman–Crippen MR) is 105 cm³/mol. The van der Waals surface area contributed by atoms with Crippen molar-refractivity contribution in [3.63, 3.8) is 0 Å². The molecule has 0 radical (unpaired) electrons. The number of hydrogen-bond acceptors (Lipinski definition) is 4. The van der Waals surface area contributed by atoms with E-state index in [1.54, 1.807) is 22.9 Å². The minimum absolute atomic E-state index is 0.0235. The fraction of sp³-hybridized carbons (Fsp3) is 0.450. The van der Waals surface area contributed by atoms with E-state index in [9.17, 15) is 9.59 Å². The molecule has 0 bridgehead atoms. The van der Waals surface area contributed by atoms with Crippen molar-refractivity contribution in [2.45, 2.75) is 38.8 Å². The van der Waals surface area contributed by atoms with Crippen molar-refractivity contribution in [2.24, 2.45) is 0 Å². The van der Waals surface area contributed by atoms with E-state index in [0.717, 1.165) is 29.8 Å². The normalized spacial score (nSPS) is 15.8. The number of rotatable bonds is 5. The lowest BCUT2D eigenvalue weighted by molar-refractivity contribution is -0.119. The first kappa shape index (κ1) is 19.7. The molecule has 2 aromatic rings. The summed E-state index contributed by atoms with van der Waals surface area (Å²) >= 11 is 0. The van der Waals surface area contributed by atoms with Gasteiger partial charge in [0.1, 0.15) is 5.75 Å². The Morgan fingerprint density at radius 3 is 2.71 bits per heavy atom. The lowest BCUT2D eigenvalue weighted by atomic mass is 10.1. The highest BCUT2D eigenvalue weighted by molar-refractivity contribution is 5.75. The lowest BCUT2D eigenvalue weighted by Gasteiger charge is -2.33. The fourth-order valence-corrected chi connectivity index (χ4v) is 3.33. The summed E-state index contributed by atoms with van der Waals surface area (Å²) in [6, 6.07) is 7.53. The molecule has 0 spiro atoms. The van der Waals surface area contributed by atoms with E-state index >= 15 is 0 Å². The quantitative estimate of drug-likeness (QED) is 0.826. The van der Waals surface area contributed by atoms with Gasteiger partial charge < -0.3 is 20.3 Å². The third-order valence-electron chi connectivity index (χ3n) is 4.95. The Morgan fingerprint density at radius 2 is 2.04 bits per heavy atom. The third kappa shape index (κ3) is 4.82. The van der Waals surface area contributed by atoms with Crippen molar-refractivity contribution < 1.29 is 14.3 Å². The van der Waals surface area contributed by atoms with Crippen LogP contribution in [0.4, 0.5) is 4.79 Å². The van der Waals surface area contributed by atoms with Gasteiger partial charge in [-0.15, -0.1) is 0 Å². The van der Waals surface area contributed by atoms with Crippen LogP contribution in [-0.4, -0.2) is 52.9 Å². The van der Waals surface area contributed by atoms with Crippen LogP contribution in [0, 0.1) is 0 Å². The second kappa shape index (κ2) is 8.77. The van der Waals surface area contributed by atoms with Crippen LogP contribution in [0.2, 0.25) is 0 Å². The number of nitrogens with zero attached hydrogens (tertiary/aromatic N) is 3. The van der Waals surface area contributed by atoms with E-state index < -0.39 is 0 Å². The molecule has 8 nitrogen and oxygen atoms in total. The average Bonchev–Trinajstić information content (AvgIpc) is 3.18. The van der Waals surface area contributed by atoms with Gasteiger partial charge in [-0.05, 0) is 31.9 Å². The van der Waals surface area contributed by atoms with Gasteiger partial charge in [0.05, 0.1) is 25.0 Å². The van der Waals surface area contributed by atoms with Gasteiger partial charge in [-0.25, -0.2) is 9.48 Å². The van der Waals surface area contributed by atoms with E-state index in [-0.39, 0.29) is 24.0 Å². The largest absolute Gasteiger partial charge is 0.497 e. The molecule has 1 aliphatic heterocycles. The summed E-state index contributed by atoms with van der Waals surface area (Å²) in [6.07, 6.45) is 5.21. The highest BCUT2D eigenvalue weighted by Gasteiger charge is 2.24. The Bertz CT molecular complexity index is 827. The van der Waals surface area contributed by atoms with E-state index in [4.69, 9.17) is 4.74 Å². The van der Waals surface area contributed by atoms with Gasteiger partial charge in [0.2, 0.25) is 5.91 Å². The number of nitrogens with one attached hydrogen (secondary N) is 2. The molecule has 2 N–H and O–H groups in total. The standard InChI is InChI=1S/C20H27N5O3/c1-14(22-20(27)24-9-7-17(8-10-24)23-15(2)26)16-12-21-25(13-16)18-5-4-6-19(11-18)28-3/h4-6,11-14,17H,7-10H2,1-3H3,(H,22,27)(H,23,26)/t14-/m0/s1. The van der Waals surface area contributed by atoms with Crippen LogP contribution in [0.5, 0.6) is 5.75 Å². The molecule has 0 saturated carbocycles. The van der Waals surface area contributed by atoms with E-state index in [0.29, 0.717) is 13.1 Å². The molecular weight excluding hydrogens is 358 g/mol. The van der Waals surface area contributed by atoms with Crippen LogP contribution in [0.25, 0.3) is 5.69 Å². The molecular formula is C20H27N5O3. The Labute approximate surface area is 164 Å². The van der Waals surface area contributed by atoms with Crippen molar-refractivity contribution in [1.29, 1.82) is 0 Å². The second-order valence-electron chi connectivity index (χ2n) is 7.05. The first-order chi connectivity index (χ1) is 13.5. The summed E-state index contributed by atoms with van der Waals surface area (Å²) < 4.78 is 7.02. The number of methoxy groups -OCH3 is 1. The molecule has 0 aliphatic carbocycles. The minimum Gasteiger partial charge on any atom is -0.497 e. The van der Waals surface area contributed by atoms with Gasteiger partial charge in [0.25, 0.3) is 0 Å². The van der Waals surface area contributed by atoms with Crippen LogP contribution in [-0.2, 0) is 4.79 Å². The number of carbonyl (C=O) groups is 2. The van der Waals surface area contributed by atoms with Crippen LogP contribution in [0.1, 0.15) is 38.3 Å². The highest BCUT2D eigenvalue weighted by Crippen LogP contribution is 2.19.